The Hall–Kier alpha value is -2.34. The number of fused-ring (bicyclic) bond motifs is 1. The van der Waals surface area contributed by atoms with Gasteiger partial charge < -0.3 is 14.5 Å². The van der Waals surface area contributed by atoms with E-state index in [0.717, 1.165) is 17.7 Å². The van der Waals surface area contributed by atoms with Gasteiger partial charge in [-0.25, -0.2) is 0 Å². The third kappa shape index (κ3) is 4.81. The Morgan fingerprint density at radius 2 is 2.03 bits per heavy atom. The van der Waals surface area contributed by atoms with Crippen LogP contribution in [0.5, 0.6) is 5.75 Å². The molecule has 6 heteroatoms. The van der Waals surface area contributed by atoms with Gasteiger partial charge in [0, 0.05) is 24.4 Å². The Morgan fingerprint density at radius 3 is 2.72 bits per heavy atom. The minimum absolute atomic E-state index is 0.0113. The molecule has 29 heavy (non-hydrogen) atoms. The Labute approximate surface area is 177 Å². The summed E-state index contributed by atoms with van der Waals surface area (Å²) in [5, 5.41) is 2.09. The molecule has 0 aliphatic carbocycles. The number of likely N-dealkylation sites (N-methyl/N-ethyl adjacent to an activating group) is 1. The van der Waals surface area contributed by atoms with Gasteiger partial charge in [-0.1, -0.05) is 24.6 Å². The summed E-state index contributed by atoms with van der Waals surface area (Å²) in [6, 6.07) is 8.10. The van der Waals surface area contributed by atoms with Crippen molar-refractivity contribution in [1.82, 2.24) is 9.80 Å². The van der Waals surface area contributed by atoms with Crippen molar-refractivity contribution in [2.24, 2.45) is 0 Å². The van der Waals surface area contributed by atoms with Crippen LogP contribution >= 0.6 is 11.3 Å². The molecular formula is C23H30N2O3S. The number of rotatable bonds is 7. The van der Waals surface area contributed by atoms with Crippen molar-refractivity contribution in [3.05, 3.63) is 51.2 Å². The number of aryl methyl sites for hydroxylation is 2. The van der Waals surface area contributed by atoms with E-state index in [1.165, 1.54) is 16.0 Å². The summed E-state index contributed by atoms with van der Waals surface area (Å²) in [6.07, 6.45) is 1.27. The summed E-state index contributed by atoms with van der Waals surface area (Å²) in [6.45, 7) is 9.58. The smallest absolute Gasteiger partial charge is 0.242 e. The largest absolute Gasteiger partial charge is 0.491 e. The van der Waals surface area contributed by atoms with Gasteiger partial charge in [0.1, 0.15) is 12.4 Å². The average molecular weight is 415 g/mol. The van der Waals surface area contributed by atoms with Gasteiger partial charge in [-0.3, -0.25) is 9.59 Å². The van der Waals surface area contributed by atoms with Crippen molar-refractivity contribution >= 4 is 23.2 Å². The maximum atomic E-state index is 13.1. The van der Waals surface area contributed by atoms with E-state index < -0.39 is 0 Å². The fourth-order valence-corrected chi connectivity index (χ4v) is 4.79. The minimum Gasteiger partial charge on any atom is -0.491 e. The molecule has 0 N–H and O–H groups in total. The maximum Gasteiger partial charge on any atom is 0.242 e. The highest BCUT2D eigenvalue weighted by Crippen LogP contribution is 2.34. The van der Waals surface area contributed by atoms with E-state index in [9.17, 15) is 9.59 Å². The van der Waals surface area contributed by atoms with Gasteiger partial charge in [-0.2, -0.15) is 0 Å². The summed E-state index contributed by atoms with van der Waals surface area (Å²) in [4.78, 5) is 30.1. The van der Waals surface area contributed by atoms with Crippen LogP contribution in [0.3, 0.4) is 0 Å². The van der Waals surface area contributed by atoms with E-state index in [2.05, 4.69) is 24.4 Å². The van der Waals surface area contributed by atoms with E-state index in [0.29, 0.717) is 26.1 Å². The van der Waals surface area contributed by atoms with Gasteiger partial charge in [0.15, 0.2) is 0 Å². The van der Waals surface area contributed by atoms with Crippen LogP contribution in [-0.4, -0.2) is 47.9 Å². The third-order valence-electron chi connectivity index (χ3n) is 5.51. The molecule has 1 aromatic carbocycles. The standard InChI is InChI=1S/C23H30N2O3S/c1-5-22(26)24(6-2)14-23(27)25-11-9-21-18(10-12-29-21)19(25)15-28-20-8-7-16(3)13-17(20)4/h7-8,10,12-13,19H,5-6,9,11,14-15H2,1-4H3/t19-/m0/s1. The molecule has 1 atom stereocenters. The molecule has 156 valence electrons. The van der Waals surface area contributed by atoms with Crippen molar-refractivity contribution in [1.29, 1.82) is 0 Å². The molecule has 2 amide bonds. The number of nitrogens with zero attached hydrogens (tertiary/aromatic N) is 2. The molecular weight excluding hydrogens is 384 g/mol. The highest BCUT2D eigenvalue weighted by Gasteiger charge is 2.33. The van der Waals surface area contributed by atoms with E-state index in [1.54, 1.807) is 16.2 Å². The molecule has 5 nitrogen and oxygen atoms in total. The number of amides is 2. The van der Waals surface area contributed by atoms with Gasteiger partial charge in [-0.05, 0) is 55.8 Å². The molecule has 2 heterocycles. The van der Waals surface area contributed by atoms with Gasteiger partial charge in [-0.15, -0.1) is 11.3 Å². The molecule has 0 saturated carbocycles. The zero-order chi connectivity index (χ0) is 21.0. The van der Waals surface area contributed by atoms with Crippen LogP contribution in [-0.2, 0) is 16.0 Å². The normalized spacial score (nSPS) is 15.7. The number of hydrogen-bond acceptors (Lipinski definition) is 4. The van der Waals surface area contributed by atoms with Gasteiger partial charge in [0.2, 0.25) is 11.8 Å². The molecule has 0 bridgehead atoms. The predicted molar refractivity (Wildman–Crippen MR) is 116 cm³/mol. The molecule has 2 aromatic rings. The quantitative estimate of drug-likeness (QED) is 0.685. The van der Waals surface area contributed by atoms with Gasteiger partial charge >= 0.3 is 0 Å². The van der Waals surface area contributed by atoms with Crippen LogP contribution in [0, 0.1) is 13.8 Å². The number of ether oxygens (including phenoxy) is 1. The lowest BCUT2D eigenvalue weighted by molar-refractivity contribution is -0.142. The Bertz CT molecular complexity index is 877. The zero-order valence-corrected chi connectivity index (χ0v) is 18.6. The fourth-order valence-electron chi connectivity index (χ4n) is 3.86. The van der Waals surface area contributed by atoms with Crippen molar-refractivity contribution in [3.8, 4) is 5.75 Å². The second-order valence-electron chi connectivity index (χ2n) is 7.49. The number of carbonyl (C=O) groups excluding carboxylic acids is 2. The fraction of sp³-hybridized carbons (Fsp3) is 0.478. The first-order valence-corrected chi connectivity index (χ1v) is 11.2. The highest BCUT2D eigenvalue weighted by atomic mass is 32.1. The first-order valence-electron chi connectivity index (χ1n) is 10.3. The van der Waals surface area contributed by atoms with E-state index >= 15 is 0 Å². The van der Waals surface area contributed by atoms with E-state index in [4.69, 9.17) is 4.74 Å². The summed E-state index contributed by atoms with van der Waals surface area (Å²) in [7, 11) is 0. The first kappa shape index (κ1) is 21.4. The van der Waals surface area contributed by atoms with Crippen LogP contribution in [0.15, 0.2) is 29.6 Å². The number of thiophene rings is 1. The lowest BCUT2D eigenvalue weighted by Gasteiger charge is -2.37. The predicted octanol–water partition coefficient (Wildman–Crippen LogP) is 4.13. The Kier molecular flexibility index (Phi) is 6.96. The maximum absolute atomic E-state index is 13.1. The van der Waals surface area contributed by atoms with Gasteiger partial charge in [0.05, 0.1) is 12.6 Å². The zero-order valence-electron chi connectivity index (χ0n) is 17.7. The molecule has 0 unspecified atom stereocenters. The van der Waals surface area contributed by atoms with Crippen molar-refractivity contribution in [2.45, 2.75) is 46.6 Å². The topological polar surface area (TPSA) is 49.9 Å². The number of benzene rings is 1. The summed E-state index contributed by atoms with van der Waals surface area (Å²) < 4.78 is 6.17. The molecule has 0 fully saturated rings. The summed E-state index contributed by atoms with van der Waals surface area (Å²) in [5.41, 5.74) is 3.46. The second kappa shape index (κ2) is 9.44. The van der Waals surface area contributed by atoms with Crippen molar-refractivity contribution < 1.29 is 14.3 Å². The third-order valence-corrected chi connectivity index (χ3v) is 6.50. The number of carbonyl (C=O) groups is 2. The van der Waals surface area contributed by atoms with Crippen LogP contribution < -0.4 is 4.74 Å². The minimum atomic E-state index is -0.131. The highest BCUT2D eigenvalue weighted by molar-refractivity contribution is 7.10. The number of hydrogen-bond donors (Lipinski definition) is 0. The molecule has 1 aromatic heterocycles. The van der Waals surface area contributed by atoms with Crippen LogP contribution in [0.4, 0.5) is 0 Å². The first-order chi connectivity index (χ1) is 13.9. The van der Waals surface area contributed by atoms with Crippen LogP contribution in [0.25, 0.3) is 0 Å². The molecule has 0 spiro atoms. The van der Waals surface area contributed by atoms with Gasteiger partial charge in [0.25, 0.3) is 0 Å². The summed E-state index contributed by atoms with van der Waals surface area (Å²) in [5.74, 6) is 0.846. The molecule has 3 rings (SSSR count). The van der Waals surface area contributed by atoms with E-state index in [1.807, 2.05) is 37.8 Å². The lowest BCUT2D eigenvalue weighted by atomic mass is 10.00. The molecule has 1 aliphatic heterocycles. The Morgan fingerprint density at radius 1 is 1.24 bits per heavy atom. The van der Waals surface area contributed by atoms with E-state index in [-0.39, 0.29) is 24.4 Å². The van der Waals surface area contributed by atoms with Crippen LogP contribution in [0.2, 0.25) is 0 Å². The molecule has 1 aliphatic rings. The lowest BCUT2D eigenvalue weighted by Crippen LogP contribution is -2.47. The SMILES string of the molecule is CCC(=O)N(CC)CC(=O)N1CCc2sccc2[C@@H]1COc1ccc(C)cc1C. The van der Waals surface area contributed by atoms with Crippen LogP contribution in [0.1, 0.15) is 47.9 Å². The van der Waals surface area contributed by atoms with Crippen molar-refractivity contribution in [2.75, 3.05) is 26.2 Å². The second-order valence-corrected chi connectivity index (χ2v) is 8.49. The monoisotopic (exact) mass is 414 g/mol. The molecule has 0 saturated heterocycles. The summed E-state index contributed by atoms with van der Waals surface area (Å²) >= 11 is 1.74. The Balaban J connectivity index is 1.78. The van der Waals surface area contributed by atoms with Crippen molar-refractivity contribution in [3.63, 3.8) is 0 Å². The molecule has 0 radical (unpaired) electrons. The average Bonchev–Trinajstić information content (AvgIpc) is 3.19.